The van der Waals surface area contributed by atoms with Gasteiger partial charge in [-0.25, -0.2) is 15.0 Å². The third-order valence-corrected chi connectivity index (χ3v) is 10.9. The summed E-state index contributed by atoms with van der Waals surface area (Å²) in [7, 11) is 0. The Labute approximate surface area is 305 Å². The van der Waals surface area contributed by atoms with Gasteiger partial charge < -0.3 is 4.57 Å². The fourth-order valence-corrected chi connectivity index (χ4v) is 8.31. The van der Waals surface area contributed by atoms with Gasteiger partial charge in [-0.15, -0.1) is 11.3 Å². The van der Waals surface area contributed by atoms with E-state index in [1.165, 1.54) is 31.3 Å². The van der Waals surface area contributed by atoms with Crippen molar-refractivity contribution < 1.29 is 0 Å². The maximum absolute atomic E-state index is 5.27. The number of para-hydroxylation sites is 3. The lowest BCUT2D eigenvalue weighted by molar-refractivity contribution is 1.06. The van der Waals surface area contributed by atoms with Crippen LogP contribution in [0.3, 0.4) is 0 Å². The first-order valence-electron chi connectivity index (χ1n) is 17.4. The summed E-state index contributed by atoms with van der Waals surface area (Å²) in [5.41, 5.74) is 9.45. The van der Waals surface area contributed by atoms with Crippen LogP contribution in [-0.2, 0) is 0 Å². The summed E-state index contributed by atoms with van der Waals surface area (Å²) >= 11 is 1.81. The number of fused-ring (bicyclic) bond motifs is 4. The predicted octanol–water partition coefficient (Wildman–Crippen LogP) is 12.5. The summed E-state index contributed by atoms with van der Waals surface area (Å²) < 4.78 is 3.62. The zero-order chi connectivity index (χ0) is 34.4. The van der Waals surface area contributed by atoms with Gasteiger partial charge in [-0.2, -0.15) is 0 Å². The average Bonchev–Trinajstić information content (AvgIpc) is 3.81. The van der Waals surface area contributed by atoms with Crippen LogP contribution in [0.15, 0.2) is 182 Å². The molecule has 0 N–H and O–H groups in total. The summed E-state index contributed by atoms with van der Waals surface area (Å²) in [6.07, 6.45) is 0. The van der Waals surface area contributed by atoms with Gasteiger partial charge in [0.1, 0.15) is 0 Å². The molecule has 5 heteroatoms. The molecule has 0 amide bonds. The maximum Gasteiger partial charge on any atom is 0.166 e. The van der Waals surface area contributed by atoms with E-state index < -0.39 is 0 Å². The maximum atomic E-state index is 5.27. The number of thiophene rings is 1. The lowest BCUT2D eigenvalue weighted by Gasteiger charge is -2.15. The van der Waals surface area contributed by atoms with Crippen LogP contribution in [0, 0.1) is 0 Å². The van der Waals surface area contributed by atoms with Crippen molar-refractivity contribution in [3.8, 4) is 61.4 Å². The van der Waals surface area contributed by atoms with Crippen molar-refractivity contribution in [2.24, 2.45) is 0 Å². The summed E-state index contributed by atoms with van der Waals surface area (Å²) in [6.45, 7) is 0. The van der Waals surface area contributed by atoms with Crippen LogP contribution in [-0.4, -0.2) is 19.5 Å². The topological polar surface area (TPSA) is 43.6 Å². The molecule has 0 fully saturated rings. The van der Waals surface area contributed by atoms with Gasteiger partial charge >= 0.3 is 0 Å². The second-order valence-electron chi connectivity index (χ2n) is 12.8. The van der Waals surface area contributed by atoms with E-state index in [1.54, 1.807) is 0 Å². The Kier molecular flexibility index (Phi) is 7.29. The Bertz CT molecular complexity index is 2820. The highest BCUT2D eigenvalue weighted by molar-refractivity contribution is 7.22. The first kappa shape index (κ1) is 30.2. The van der Waals surface area contributed by atoms with E-state index in [0.717, 1.165) is 44.5 Å². The molecule has 0 aliphatic heterocycles. The molecule has 0 spiro atoms. The van der Waals surface area contributed by atoms with E-state index >= 15 is 0 Å². The minimum atomic E-state index is 0.619. The fraction of sp³-hybridized carbons (Fsp3) is 0. The molecule has 52 heavy (non-hydrogen) atoms. The first-order chi connectivity index (χ1) is 25.8. The van der Waals surface area contributed by atoms with Crippen LogP contribution in [0.2, 0.25) is 0 Å². The molecule has 0 saturated carbocycles. The number of hydrogen-bond acceptors (Lipinski definition) is 4. The molecule has 10 rings (SSSR count). The van der Waals surface area contributed by atoms with Gasteiger partial charge in [0.15, 0.2) is 17.5 Å². The molecule has 0 atom stereocenters. The van der Waals surface area contributed by atoms with Crippen LogP contribution < -0.4 is 0 Å². The molecule has 0 radical (unpaired) electrons. The molecule has 7 aromatic carbocycles. The minimum Gasteiger partial charge on any atom is -0.309 e. The van der Waals surface area contributed by atoms with E-state index in [0.29, 0.717) is 17.5 Å². The average molecular weight is 683 g/mol. The van der Waals surface area contributed by atoms with Crippen LogP contribution in [0.5, 0.6) is 0 Å². The first-order valence-corrected chi connectivity index (χ1v) is 18.2. The number of benzene rings is 7. The SMILES string of the molecule is c1ccc(-c2ccccc2-c2nc(-c3ccc(-c4cc5ccccc5s4)cc3)nc(-c3ccccc3-n3c4ccccc4c4ccccc43)n2)cc1. The van der Waals surface area contributed by atoms with Gasteiger partial charge in [0.05, 0.1) is 16.7 Å². The summed E-state index contributed by atoms with van der Waals surface area (Å²) in [4.78, 5) is 16.9. The van der Waals surface area contributed by atoms with Gasteiger partial charge in [0, 0.05) is 37.0 Å². The molecular formula is C47H30N4S. The Balaban J connectivity index is 1.18. The molecule has 10 aromatic rings. The van der Waals surface area contributed by atoms with E-state index in [9.17, 15) is 0 Å². The van der Waals surface area contributed by atoms with Crippen LogP contribution >= 0.6 is 11.3 Å². The van der Waals surface area contributed by atoms with Crippen LogP contribution in [0.25, 0.3) is 93.3 Å². The third kappa shape index (κ3) is 5.18. The monoisotopic (exact) mass is 682 g/mol. The van der Waals surface area contributed by atoms with Gasteiger partial charge in [-0.05, 0) is 58.5 Å². The van der Waals surface area contributed by atoms with Crippen molar-refractivity contribution in [2.45, 2.75) is 0 Å². The highest BCUT2D eigenvalue weighted by Gasteiger charge is 2.20. The number of nitrogens with zero attached hydrogens (tertiary/aromatic N) is 4. The molecule has 4 nitrogen and oxygen atoms in total. The molecule has 244 valence electrons. The van der Waals surface area contributed by atoms with Gasteiger partial charge in [-0.1, -0.05) is 146 Å². The van der Waals surface area contributed by atoms with Crippen LogP contribution in [0.1, 0.15) is 0 Å². The lowest BCUT2D eigenvalue weighted by atomic mass is 9.99. The molecule has 0 unspecified atom stereocenters. The summed E-state index contributed by atoms with van der Waals surface area (Å²) in [5, 5.41) is 3.68. The molecule has 3 heterocycles. The molecule has 0 aliphatic rings. The summed E-state index contributed by atoms with van der Waals surface area (Å²) in [6, 6.07) is 63.8. The smallest absolute Gasteiger partial charge is 0.166 e. The Morgan fingerprint density at radius 1 is 0.385 bits per heavy atom. The third-order valence-electron chi connectivity index (χ3n) is 9.71. The number of hydrogen-bond donors (Lipinski definition) is 0. The highest BCUT2D eigenvalue weighted by atomic mass is 32.1. The summed E-state index contributed by atoms with van der Waals surface area (Å²) in [5.74, 6) is 1.88. The van der Waals surface area contributed by atoms with E-state index in [1.807, 2.05) is 17.4 Å². The van der Waals surface area contributed by atoms with Crippen molar-refractivity contribution >= 4 is 43.2 Å². The second-order valence-corrected chi connectivity index (χ2v) is 13.9. The van der Waals surface area contributed by atoms with Crippen LogP contribution in [0.4, 0.5) is 0 Å². The Morgan fingerprint density at radius 2 is 0.923 bits per heavy atom. The molecule has 0 aliphatic carbocycles. The van der Waals surface area contributed by atoms with E-state index in [4.69, 9.17) is 15.0 Å². The van der Waals surface area contributed by atoms with Crippen molar-refractivity contribution in [2.75, 3.05) is 0 Å². The molecule has 0 bridgehead atoms. The van der Waals surface area contributed by atoms with E-state index in [2.05, 4.69) is 180 Å². The Hall–Kier alpha value is -6.69. The lowest BCUT2D eigenvalue weighted by Crippen LogP contribution is -2.04. The predicted molar refractivity (Wildman–Crippen MR) is 217 cm³/mol. The molecule has 3 aromatic heterocycles. The van der Waals surface area contributed by atoms with E-state index in [-0.39, 0.29) is 0 Å². The van der Waals surface area contributed by atoms with Gasteiger partial charge in [-0.3, -0.25) is 0 Å². The zero-order valence-electron chi connectivity index (χ0n) is 28.0. The number of aromatic nitrogens is 4. The largest absolute Gasteiger partial charge is 0.309 e. The molecule has 0 saturated heterocycles. The van der Waals surface area contributed by atoms with Crippen molar-refractivity contribution in [1.82, 2.24) is 19.5 Å². The second kappa shape index (κ2) is 12.6. The molecular weight excluding hydrogens is 653 g/mol. The number of rotatable bonds is 6. The normalized spacial score (nSPS) is 11.5. The zero-order valence-corrected chi connectivity index (χ0v) is 28.8. The van der Waals surface area contributed by atoms with Crippen molar-refractivity contribution in [3.63, 3.8) is 0 Å². The quantitative estimate of drug-likeness (QED) is 0.175. The van der Waals surface area contributed by atoms with Crippen molar-refractivity contribution in [3.05, 3.63) is 182 Å². The minimum absolute atomic E-state index is 0.619. The highest BCUT2D eigenvalue weighted by Crippen LogP contribution is 2.38. The van der Waals surface area contributed by atoms with Gasteiger partial charge in [0.25, 0.3) is 0 Å². The van der Waals surface area contributed by atoms with Gasteiger partial charge in [0.2, 0.25) is 0 Å². The Morgan fingerprint density at radius 3 is 1.65 bits per heavy atom. The van der Waals surface area contributed by atoms with Crippen molar-refractivity contribution in [1.29, 1.82) is 0 Å². The fourth-order valence-electron chi connectivity index (χ4n) is 7.24. The standard InChI is InChI=1S/C47H30N4S/c1-2-14-31(15-3-1)35-17-5-6-20-38(35)46-48-45(33-28-26-32(27-29-33)44-30-34-16-4-13-25-43(34)52-44)49-47(50-46)39-21-9-12-24-42(39)51-40-22-10-7-18-36(40)37-19-8-11-23-41(37)51/h1-30H.